The maximum Gasteiger partial charge on any atom is 0.252 e. The van der Waals surface area contributed by atoms with Crippen molar-refractivity contribution in [1.29, 1.82) is 0 Å². The third kappa shape index (κ3) is 3.81. The topological polar surface area (TPSA) is 66.5 Å². The molecule has 1 saturated heterocycles. The van der Waals surface area contributed by atoms with E-state index in [1.807, 2.05) is 12.1 Å². The van der Waals surface area contributed by atoms with Crippen molar-refractivity contribution in [1.82, 2.24) is 4.31 Å². The van der Waals surface area contributed by atoms with Gasteiger partial charge in [-0.3, -0.25) is 4.79 Å². The van der Waals surface area contributed by atoms with Crippen LogP contribution in [0.2, 0.25) is 0 Å². The predicted octanol–water partition coefficient (Wildman–Crippen LogP) is 3.67. The molecule has 1 aromatic heterocycles. The molecular formula is C20H24N2O3S2. The molecular weight excluding hydrogens is 380 g/mol. The lowest BCUT2D eigenvalue weighted by atomic mass is 9.90. The molecule has 1 atom stereocenters. The van der Waals surface area contributed by atoms with E-state index in [0.29, 0.717) is 17.2 Å². The Balaban J connectivity index is 1.48. The number of hydrogen-bond acceptors (Lipinski definition) is 4. The first-order chi connectivity index (χ1) is 13.1. The fourth-order valence-electron chi connectivity index (χ4n) is 4.05. The maximum absolute atomic E-state index is 12.9. The van der Waals surface area contributed by atoms with Crippen LogP contribution in [0.1, 0.15) is 36.8 Å². The number of carbonyl (C=O) groups is 1. The number of thiophene rings is 1. The number of anilines is 1. The van der Waals surface area contributed by atoms with Crippen molar-refractivity contribution in [2.75, 3.05) is 18.4 Å². The van der Waals surface area contributed by atoms with E-state index < -0.39 is 10.0 Å². The highest BCUT2D eigenvalue weighted by Crippen LogP contribution is 2.30. The molecule has 0 saturated carbocycles. The van der Waals surface area contributed by atoms with E-state index in [4.69, 9.17) is 0 Å². The monoisotopic (exact) mass is 404 g/mol. The van der Waals surface area contributed by atoms with E-state index >= 15 is 0 Å². The molecule has 1 amide bonds. The highest BCUT2D eigenvalue weighted by Gasteiger charge is 2.34. The van der Waals surface area contributed by atoms with Crippen LogP contribution in [0.15, 0.2) is 39.9 Å². The number of fused-ring (bicyclic) bond motifs is 1. The number of aryl methyl sites for hydroxylation is 1. The van der Waals surface area contributed by atoms with Crippen LogP contribution in [0.3, 0.4) is 0 Å². The van der Waals surface area contributed by atoms with Gasteiger partial charge in [-0.25, -0.2) is 8.42 Å². The fraction of sp³-hybridized carbons (Fsp3) is 0.450. The first-order valence-corrected chi connectivity index (χ1v) is 11.8. The number of nitrogens with zero attached hydrogens (tertiary/aromatic N) is 1. The number of hydrogen-bond donors (Lipinski definition) is 1. The zero-order chi connectivity index (χ0) is 18.9. The third-order valence-corrected chi connectivity index (χ3v) is 8.74. The SMILES string of the molecule is O=C(Nc1cccc2c1CCCC2)C1CCCN(S(=O)(=O)c2cccs2)C1. The summed E-state index contributed by atoms with van der Waals surface area (Å²) in [7, 11) is -3.50. The average molecular weight is 405 g/mol. The predicted molar refractivity (Wildman–Crippen MR) is 108 cm³/mol. The van der Waals surface area contributed by atoms with Gasteiger partial charge in [-0.05, 0) is 67.2 Å². The van der Waals surface area contributed by atoms with Crippen molar-refractivity contribution in [2.24, 2.45) is 5.92 Å². The van der Waals surface area contributed by atoms with E-state index in [1.54, 1.807) is 17.5 Å². The van der Waals surface area contributed by atoms with Gasteiger partial charge >= 0.3 is 0 Å². The number of rotatable bonds is 4. The van der Waals surface area contributed by atoms with Crippen molar-refractivity contribution < 1.29 is 13.2 Å². The van der Waals surface area contributed by atoms with Crippen LogP contribution in [0.4, 0.5) is 5.69 Å². The highest BCUT2D eigenvalue weighted by atomic mass is 32.2. The molecule has 1 unspecified atom stereocenters. The van der Waals surface area contributed by atoms with Crippen LogP contribution in [0.25, 0.3) is 0 Å². The minimum atomic E-state index is -3.50. The van der Waals surface area contributed by atoms with Crippen LogP contribution in [-0.4, -0.2) is 31.7 Å². The molecule has 2 aromatic rings. The molecule has 144 valence electrons. The summed E-state index contributed by atoms with van der Waals surface area (Å²) in [6, 6.07) is 9.46. The van der Waals surface area contributed by atoms with Gasteiger partial charge in [0.05, 0.1) is 5.92 Å². The molecule has 0 radical (unpaired) electrons. The highest BCUT2D eigenvalue weighted by molar-refractivity contribution is 7.91. The molecule has 1 N–H and O–H groups in total. The van der Waals surface area contributed by atoms with Gasteiger partial charge in [0.2, 0.25) is 5.91 Å². The van der Waals surface area contributed by atoms with E-state index in [-0.39, 0.29) is 18.4 Å². The zero-order valence-corrected chi connectivity index (χ0v) is 16.8. The minimum Gasteiger partial charge on any atom is -0.326 e. The Labute approximate surface area is 164 Å². The smallest absolute Gasteiger partial charge is 0.252 e. The lowest BCUT2D eigenvalue weighted by Gasteiger charge is -2.31. The summed E-state index contributed by atoms with van der Waals surface area (Å²) < 4.78 is 27.4. The van der Waals surface area contributed by atoms with Crippen molar-refractivity contribution >= 4 is 33.0 Å². The Morgan fingerprint density at radius 2 is 1.96 bits per heavy atom. The molecule has 1 aliphatic heterocycles. The Morgan fingerprint density at radius 3 is 2.78 bits per heavy atom. The molecule has 2 heterocycles. The largest absolute Gasteiger partial charge is 0.326 e. The Bertz CT molecular complexity index is 923. The van der Waals surface area contributed by atoms with Crippen molar-refractivity contribution in [2.45, 2.75) is 42.7 Å². The van der Waals surface area contributed by atoms with Crippen molar-refractivity contribution in [3.05, 3.63) is 46.8 Å². The van der Waals surface area contributed by atoms with Gasteiger partial charge in [0.15, 0.2) is 0 Å². The molecule has 27 heavy (non-hydrogen) atoms. The Morgan fingerprint density at radius 1 is 1.11 bits per heavy atom. The molecule has 1 aromatic carbocycles. The van der Waals surface area contributed by atoms with Crippen LogP contribution in [0.5, 0.6) is 0 Å². The molecule has 0 bridgehead atoms. The molecule has 4 rings (SSSR count). The molecule has 2 aliphatic rings. The molecule has 7 heteroatoms. The average Bonchev–Trinajstić information content (AvgIpc) is 3.24. The van der Waals surface area contributed by atoms with Crippen LogP contribution in [-0.2, 0) is 27.7 Å². The second kappa shape index (κ2) is 7.73. The summed E-state index contributed by atoms with van der Waals surface area (Å²) in [6.45, 7) is 0.728. The van der Waals surface area contributed by atoms with E-state index in [9.17, 15) is 13.2 Å². The fourth-order valence-corrected chi connectivity index (χ4v) is 6.71. The van der Waals surface area contributed by atoms with Gasteiger partial charge in [0, 0.05) is 18.8 Å². The van der Waals surface area contributed by atoms with Crippen molar-refractivity contribution in [3.8, 4) is 0 Å². The third-order valence-electron chi connectivity index (χ3n) is 5.50. The van der Waals surface area contributed by atoms with Gasteiger partial charge in [0.1, 0.15) is 4.21 Å². The number of benzene rings is 1. The normalized spacial score (nSPS) is 20.8. The summed E-state index contributed by atoms with van der Waals surface area (Å²) in [5.41, 5.74) is 3.47. The standard InChI is InChI=1S/C20H24N2O3S2/c23-20(21-18-10-3-7-15-6-1-2-9-17(15)18)16-8-4-12-22(14-16)27(24,25)19-11-5-13-26-19/h3,5,7,10-11,13,16H,1-2,4,6,8-9,12,14H2,(H,21,23). The van der Waals surface area contributed by atoms with E-state index in [0.717, 1.165) is 31.4 Å². The Kier molecular flexibility index (Phi) is 5.34. The Hall–Kier alpha value is -1.70. The molecule has 1 fully saturated rings. The van der Waals surface area contributed by atoms with Crippen LogP contribution >= 0.6 is 11.3 Å². The quantitative estimate of drug-likeness (QED) is 0.846. The first kappa shape index (κ1) is 18.7. The summed E-state index contributed by atoms with van der Waals surface area (Å²) in [6.07, 6.45) is 5.83. The zero-order valence-electron chi connectivity index (χ0n) is 15.2. The second-order valence-corrected chi connectivity index (χ2v) is 10.4. The number of amides is 1. The number of piperidine rings is 1. The molecule has 1 aliphatic carbocycles. The lowest BCUT2D eigenvalue weighted by molar-refractivity contribution is -0.120. The molecule has 5 nitrogen and oxygen atoms in total. The first-order valence-electron chi connectivity index (χ1n) is 9.51. The number of carbonyl (C=O) groups excluding carboxylic acids is 1. The number of sulfonamides is 1. The lowest BCUT2D eigenvalue weighted by Crippen LogP contribution is -2.43. The maximum atomic E-state index is 12.9. The summed E-state index contributed by atoms with van der Waals surface area (Å²) in [5, 5.41) is 4.85. The van der Waals surface area contributed by atoms with Gasteiger partial charge in [-0.1, -0.05) is 18.2 Å². The summed E-state index contributed by atoms with van der Waals surface area (Å²) >= 11 is 1.22. The van der Waals surface area contributed by atoms with Gasteiger partial charge in [-0.15, -0.1) is 11.3 Å². The van der Waals surface area contributed by atoms with Gasteiger partial charge in [-0.2, -0.15) is 4.31 Å². The summed E-state index contributed by atoms with van der Waals surface area (Å²) in [5.74, 6) is -0.381. The second-order valence-electron chi connectivity index (χ2n) is 7.27. The van der Waals surface area contributed by atoms with Crippen molar-refractivity contribution in [3.63, 3.8) is 0 Å². The van der Waals surface area contributed by atoms with Crippen LogP contribution in [0, 0.1) is 5.92 Å². The number of nitrogens with one attached hydrogen (secondary N) is 1. The summed E-state index contributed by atoms with van der Waals surface area (Å²) in [4.78, 5) is 12.9. The molecule has 0 spiro atoms. The minimum absolute atomic E-state index is 0.0694. The van der Waals surface area contributed by atoms with Gasteiger partial charge < -0.3 is 5.32 Å². The van der Waals surface area contributed by atoms with Gasteiger partial charge in [0.25, 0.3) is 10.0 Å². The van der Waals surface area contributed by atoms with E-state index in [2.05, 4.69) is 11.4 Å². The van der Waals surface area contributed by atoms with Crippen LogP contribution < -0.4 is 5.32 Å². The van der Waals surface area contributed by atoms with E-state index in [1.165, 1.54) is 33.2 Å².